The zero-order valence-corrected chi connectivity index (χ0v) is 19.6. The SMILES string of the molecule is CCC(C(=O)NCCOc1cc(C)cc(C)c1)N(c1cc(Cl)ccc1C)S(C)(=O)=O. The van der Waals surface area contributed by atoms with E-state index in [0.717, 1.165) is 27.4 Å². The number of carbonyl (C=O) groups is 1. The van der Waals surface area contributed by atoms with E-state index in [-0.39, 0.29) is 19.1 Å². The molecule has 0 fully saturated rings. The van der Waals surface area contributed by atoms with Crippen LogP contribution < -0.4 is 14.4 Å². The van der Waals surface area contributed by atoms with Crippen LogP contribution in [0.15, 0.2) is 36.4 Å². The summed E-state index contributed by atoms with van der Waals surface area (Å²) in [6, 6.07) is 10.0. The van der Waals surface area contributed by atoms with Crippen LogP contribution >= 0.6 is 11.6 Å². The Hall–Kier alpha value is -2.25. The molecule has 1 N–H and O–H groups in total. The molecule has 30 heavy (non-hydrogen) atoms. The third-order valence-corrected chi connectivity index (χ3v) is 6.00. The predicted octanol–water partition coefficient (Wildman–Crippen LogP) is 4.01. The van der Waals surface area contributed by atoms with Gasteiger partial charge in [-0.2, -0.15) is 0 Å². The molecule has 164 valence electrons. The van der Waals surface area contributed by atoms with Gasteiger partial charge in [-0.25, -0.2) is 8.42 Å². The Morgan fingerprint density at radius 1 is 1.13 bits per heavy atom. The van der Waals surface area contributed by atoms with Crippen molar-refractivity contribution >= 4 is 33.2 Å². The van der Waals surface area contributed by atoms with Crippen molar-refractivity contribution < 1.29 is 17.9 Å². The molecule has 2 rings (SSSR count). The van der Waals surface area contributed by atoms with E-state index in [1.54, 1.807) is 32.0 Å². The molecule has 0 aliphatic heterocycles. The van der Waals surface area contributed by atoms with Crippen LogP contribution in [0, 0.1) is 20.8 Å². The van der Waals surface area contributed by atoms with Crippen LogP contribution in [0.1, 0.15) is 30.0 Å². The Morgan fingerprint density at radius 3 is 2.33 bits per heavy atom. The van der Waals surface area contributed by atoms with Gasteiger partial charge < -0.3 is 10.1 Å². The van der Waals surface area contributed by atoms with Gasteiger partial charge in [-0.3, -0.25) is 9.10 Å². The van der Waals surface area contributed by atoms with E-state index in [9.17, 15) is 13.2 Å². The zero-order valence-electron chi connectivity index (χ0n) is 18.0. The molecule has 1 atom stereocenters. The van der Waals surface area contributed by atoms with E-state index in [4.69, 9.17) is 16.3 Å². The normalized spacial score (nSPS) is 12.3. The smallest absolute Gasteiger partial charge is 0.244 e. The lowest BCUT2D eigenvalue weighted by Gasteiger charge is -2.31. The van der Waals surface area contributed by atoms with Crippen LogP contribution in [0.25, 0.3) is 0 Å². The summed E-state index contributed by atoms with van der Waals surface area (Å²) in [6.07, 6.45) is 1.40. The van der Waals surface area contributed by atoms with Crippen molar-refractivity contribution in [2.45, 2.75) is 40.2 Å². The molecule has 0 heterocycles. The van der Waals surface area contributed by atoms with Crippen molar-refractivity contribution in [2.24, 2.45) is 0 Å². The third-order valence-electron chi connectivity index (χ3n) is 4.60. The number of sulfonamides is 1. The molecule has 0 aromatic heterocycles. The van der Waals surface area contributed by atoms with Gasteiger partial charge in [0.05, 0.1) is 18.5 Å². The van der Waals surface area contributed by atoms with Gasteiger partial charge in [-0.1, -0.05) is 30.7 Å². The number of ether oxygens (including phenoxy) is 1. The average molecular weight is 453 g/mol. The first-order valence-electron chi connectivity index (χ1n) is 9.77. The summed E-state index contributed by atoms with van der Waals surface area (Å²) < 4.78 is 32.0. The number of nitrogens with one attached hydrogen (secondary N) is 1. The lowest BCUT2D eigenvalue weighted by molar-refractivity contribution is -0.122. The van der Waals surface area contributed by atoms with Gasteiger partial charge in [0.25, 0.3) is 0 Å². The van der Waals surface area contributed by atoms with Crippen molar-refractivity contribution in [3.63, 3.8) is 0 Å². The minimum Gasteiger partial charge on any atom is -0.492 e. The van der Waals surface area contributed by atoms with Gasteiger partial charge in [-0.15, -0.1) is 0 Å². The molecule has 1 amide bonds. The fourth-order valence-electron chi connectivity index (χ4n) is 3.33. The monoisotopic (exact) mass is 452 g/mol. The van der Waals surface area contributed by atoms with Crippen molar-refractivity contribution in [1.29, 1.82) is 0 Å². The minimum atomic E-state index is -3.71. The second kappa shape index (κ2) is 10.2. The highest BCUT2D eigenvalue weighted by molar-refractivity contribution is 7.92. The Kier molecular flexibility index (Phi) is 8.15. The molecule has 0 radical (unpaired) electrons. The lowest BCUT2D eigenvalue weighted by atomic mass is 10.1. The summed E-state index contributed by atoms with van der Waals surface area (Å²) >= 11 is 6.08. The molecule has 1 unspecified atom stereocenters. The summed E-state index contributed by atoms with van der Waals surface area (Å²) in [5.74, 6) is 0.354. The molecule has 2 aromatic carbocycles. The van der Waals surface area contributed by atoms with Gasteiger partial charge in [-0.05, 0) is 68.1 Å². The quantitative estimate of drug-likeness (QED) is 0.583. The number of anilines is 1. The van der Waals surface area contributed by atoms with Crippen LogP contribution in [0.2, 0.25) is 5.02 Å². The molecular formula is C22H29ClN2O4S. The number of rotatable bonds is 9. The van der Waals surface area contributed by atoms with Crippen molar-refractivity contribution in [2.75, 3.05) is 23.7 Å². The van der Waals surface area contributed by atoms with Gasteiger partial charge in [0.2, 0.25) is 15.9 Å². The van der Waals surface area contributed by atoms with Crippen molar-refractivity contribution in [3.05, 3.63) is 58.1 Å². The molecule has 0 spiro atoms. The van der Waals surface area contributed by atoms with Crippen LogP contribution in [-0.2, 0) is 14.8 Å². The molecule has 0 saturated carbocycles. The first-order chi connectivity index (χ1) is 14.0. The maximum absolute atomic E-state index is 12.8. The van der Waals surface area contributed by atoms with E-state index >= 15 is 0 Å². The largest absolute Gasteiger partial charge is 0.492 e. The fraction of sp³-hybridized carbons (Fsp3) is 0.409. The van der Waals surface area contributed by atoms with E-state index in [1.807, 2.05) is 26.0 Å². The summed E-state index contributed by atoms with van der Waals surface area (Å²) in [5.41, 5.74) is 3.31. The molecule has 0 bridgehead atoms. The number of hydrogen-bond acceptors (Lipinski definition) is 4. The van der Waals surface area contributed by atoms with Crippen LogP contribution in [0.5, 0.6) is 5.75 Å². The standard InChI is InChI=1S/C22H29ClN2O4S/c1-6-20(25(30(5,27)28)21-14-18(23)8-7-17(21)4)22(26)24-9-10-29-19-12-15(2)11-16(3)13-19/h7-8,11-14,20H,6,9-10H2,1-5H3,(H,24,26). The third kappa shape index (κ3) is 6.37. The highest BCUT2D eigenvalue weighted by Crippen LogP contribution is 2.29. The second-order valence-corrected chi connectivity index (χ2v) is 9.67. The number of halogens is 1. The molecule has 2 aromatic rings. The first kappa shape index (κ1) is 24.0. The van der Waals surface area contributed by atoms with Crippen LogP contribution in [0.4, 0.5) is 5.69 Å². The number of hydrogen-bond donors (Lipinski definition) is 1. The number of amides is 1. The minimum absolute atomic E-state index is 0.258. The Morgan fingerprint density at radius 2 is 1.77 bits per heavy atom. The first-order valence-corrected chi connectivity index (χ1v) is 12.0. The maximum atomic E-state index is 12.8. The van der Waals surface area contributed by atoms with Gasteiger partial charge in [0, 0.05) is 5.02 Å². The molecule has 6 nitrogen and oxygen atoms in total. The topological polar surface area (TPSA) is 75.7 Å². The highest BCUT2D eigenvalue weighted by atomic mass is 35.5. The highest BCUT2D eigenvalue weighted by Gasteiger charge is 2.32. The summed E-state index contributed by atoms with van der Waals surface area (Å²) in [6.45, 7) is 8.07. The van der Waals surface area contributed by atoms with Crippen LogP contribution in [0.3, 0.4) is 0 Å². The zero-order chi connectivity index (χ0) is 22.5. The molecule has 8 heteroatoms. The maximum Gasteiger partial charge on any atom is 0.244 e. The number of aryl methyl sites for hydroxylation is 3. The van der Waals surface area contributed by atoms with Gasteiger partial charge in [0.15, 0.2) is 0 Å². The second-order valence-electron chi connectivity index (χ2n) is 7.38. The average Bonchev–Trinajstić information content (AvgIpc) is 2.63. The Labute approximate surface area is 184 Å². The van der Waals surface area contributed by atoms with Crippen molar-refractivity contribution in [1.82, 2.24) is 5.32 Å². The fourth-order valence-corrected chi connectivity index (χ4v) is 4.76. The van der Waals surface area contributed by atoms with Crippen molar-refractivity contribution in [3.8, 4) is 5.75 Å². The molecular weight excluding hydrogens is 424 g/mol. The van der Waals surface area contributed by atoms with E-state index < -0.39 is 16.1 Å². The Bertz CT molecular complexity index is 988. The number of carbonyl (C=O) groups excluding carboxylic acids is 1. The summed E-state index contributed by atoms with van der Waals surface area (Å²) in [4.78, 5) is 12.8. The van der Waals surface area contributed by atoms with Crippen LogP contribution in [-0.4, -0.2) is 39.8 Å². The van der Waals surface area contributed by atoms with E-state index in [1.165, 1.54) is 0 Å². The molecule has 0 aliphatic carbocycles. The molecule has 0 saturated heterocycles. The van der Waals surface area contributed by atoms with Gasteiger partial charge in [0.1, 0.15) is 18.4 Å². The lowest BCUT2D eigenvalue weighted by Crippen LogP contribution is -2.50. The molecule has 0 aliphatic rings. The predicted molar refractivity (Wildman–Crippen MR) is 122 cm³/mol. The number of benzene rings is 2. The van der Waals surface area contributed by atoms with E-state index in [0.29, 0.717) is 22.7 Å². The van der Waals surface area contributed by atoms with E-state index in [2.05, 4.69) is 11.4 Å². The summed E-state index contributed by atoms with van der Waals surface area (Å²) in [5, 5.41) is 3.19. The summed E-state index contributed by atoms with van der Waals surface area (Å²) in [7, 11) is -3.71. The van der Waals surface area contributed by atoms with Gasteiger partial charge >= 0.3 is 0 Å². The Balaban J connectivity index is 2.11. The number of nitrogens with zero attached hydrogens (tertiary/aromatic N) is 1.